The minimum absolute atomic E-state index is 0.401. The summed E-state index contributed by atoms with van der Waals surface area (Å²) in [4.78, 5) is 24.7. The van der Waals surface area contributed by atoms with E-state index in [0.717, 1.165) is 37.9 Å². The van der Waals surface area contributed by atoms with E-state index in [2.05, 4.69) is 56.9 Å². The lowest BCUT2D eigenvalue weighted by Crippen LogP contribution is -2.40. The molecule has 1 amide bonds. The van der Waals surface area contributed by atoms with Gasteiger partial charge in [0.15, 0.2) is 5.96 Å². The van der Waals surface area contributed by atoms with Crippen molar-refractivity contribution in [2.75, 3.05) is 18.4 Å². The second kappa shape index (κ2) is 17.6. The van der Waals surface area contributed by atoms with Gasteiger partial charge in [0.2, 0.25) is 6.41 Å². The van der Waals surface area contributed by atoms with E-state index in [0.29, 0.717) is 47.6 Å². The molecule has 37 heavy (non-hydrogen) atoms. The predicted octanol–water partition coefficient (Wildman–Crippen LogP) is 2.56. The third kappa shape index (κ3) is 12.6. The molecule has 1 aliphatic carbocycles. The number of hydrogen-bond donors (Lipinski definition) is 5. The molecule has 1 aliphatic heterocycles. The Labute approximate surface area is 224 Å². The number of guanidine groups is 1. The van der Waals surface area contributed by atoms with Crippen LogP contribution in [-0.4, -0.2) is 53.4 Å². The largest absolute Gasteiger partial charge is 0.402 e. The van der Waals surface area contributed by atoms with Crippen LogP contribution in [0.3, 0.4) is 0 Å². The minimum Gasteiger partial charge on any atom is -0.402 e. The van der Waals surface area contributed by atoms with Crippen molar-refractivity contribution in [3.05, 3.63) is 60.2 Å². The highest BCUT2D eigenvalue weighted by Gasteiger charge is 2.24. The zero-order chi connectivity index (χ0) is 27.6. The minimum atomic E-state index is -0.520. The highest BCUT2D eigenvalue weighted by molar-refractivity contribution is 6.29. The highest BCUT2D eigenvalue weighted by Crippen LogP contribution is 2.33. The summed E-state index contributed by atoms with van der Waals surface area (Å²) in [5.74, 6) is 1.51. The fourth-order valence-electron chi connectivity index (χ4n) is 3.36. The van der Waals surface area contributed by atoms with Gasteiger partial charge in [-0.2, -0.15) is 4.99 Å². The van der Waals surface area contributed by atoms with Gasteiger partial charge in [0.1, 0.15) is 17.2 Å². The molecule has 0 aromatic carbocycles. The van der Waals surface area contributed by atoms with Gasteiger partial charge in [-0.3, -0.25) is 4.79 Å². The van der Waals surface area contributed by atoms with Gasteiger partial charge in [-0.05, 0) is 69.0 Å². The Morgan fingerprint density at radius 2 is 2.08 bits per heavy atom. The Kier molecular flexibility index (Phi) is 14.8. The van der Waals surface area contributed by atoms with Crippen LogP contribution in [0.5, 0.6) is 0 Å². The number of allylic oxidation sites excluding steroid dienone is 3. The number of anilines is 1. The monoisotopic (exact) mass is 527 g/mol. The van der Waals surface area contributed by atoms with Crippen LogP contribution in [0.15, 0.2) is 65.0 Å². The lowest BCUT2D eigenvalue weighted by Gasteiger charge is -2.22. The number of aromatic nitrogens is 1. The third-order valence-corrected chi connectivity index (χ3v) is 5.59. The number of terminal acetylenes is 1. The summed E-state index contributed by atoms with van der Waals surface area (Å²) < 4.78 is 0. The Morgan fingerprint density at radius 1 is 1.35 bits per heavy atom. The van der Waals surface area contributed by atoms with Crippen LogP contribution in [0.25, 0.3) is 0 Å². The summed E-state index contributed by atoms with van der Waals surface area (Å²) in [5.41, 5.74) is 19.8. The normalized spacial score (nSPS) is 18.7. The topological polar surface area (TPSA) is 160 Å². The van der Waals surface area contributed by atoms with Crippen LogP contribution in [-0.2, 0) is 4.79 Å². The number of pyridine rings is 1. The second-order valence-corrected chi connectivity index (χ2v) is 8.63. The van der Waals surface area contributed by atoms with Crippen molar-refractivity contribution >= 4 is 35.5 Å². The molecule has 0 spiro atoms. The molecular formula is C26H38ClN9O. The van der Waals surface area contributed by atoms with Crippen molar-refractivity contribution in [3.8, 4) is 12.8 Å². The maximum Gasteiger partial charge on any atom is 0.211 e. The van der Waals surface area contributed by atoms with Gasteiger partial charge >= 0.3 is 0 Å². The third-order valence-electron chi connectivity index (χ3n) is 5.36. The molecule has 8 N–H and O–H groups in total. The maximum absolute atomic E-state index is 9.89. The lowest BCUT2D eigenvalue weighted by atomic mass is 10.2. The number of nitrogens with zero attached hydrogens (tertiary/aromatic N) is 4. The number of carbonyl (C=O) groups excluding carboxylic acids is 1. The van der Waals surface area contributed by atoms with Crippen LogP contribution < -0.4 is 27.8 Å². The van der Waals surface area contributed by atoms with E-state index in [-0.39, 0.29) is 0 Å². The van der Waals surface area contributed by atoms with Crippen LogP contribution in [0.2, 0.25) is 5.15 Å². The highest BCUT2D eigenvalue weighted by atomic mass is 35.5. The van der Waals surface area contributed by atoms with Gasteiger partial charge in [-0.1, -0.05) is 24.3 Å². The molecule has 0 bridgehead atoms. The Morgan fingerprint density at radius 3 is 2.62 bits per heavy atom. The Hall–Kier alpha value is -3.81. The summed E-state index contributed by atoms with van der Waals surface area (Å²) in [7, 11) is 0. The fraction of sp³-hybridized carbons (Fsp3) is 0.385. The van der Waals surface area contributed by atoms with Crippen molar-refractivity contribution in [1.82, 2.24) is 15.2 Å². The van der Waals surface area contributed by atoms with Crippen molar-refractivity contribution in [2.24, 2.45) is 33.1 Å². The molecular weight excluding hydrogens is 490 g/mol. The van der Waals surface area contributed by atoms with Gasteiger partial charge in [-0.25, -0.2) is 9.98 Å². The number of amides is 1. The first-order chi connectivity index (χ1) is 17.8. The lowest BCUT2D eigenvalue weighted by molar-refractivity contribution is -0.105. The van der Waals surface area contributed by atoms with Gasteiger partial charge in [0, 0.05) is 18.3 Å². The maximum atomic E-state index is 9.89. The zero-order valence-electron chi connectivity index (χ0n) is 21.3. The molecule has 0 radical (unpaired) electrons. The van der Waals surface area contributed by atoms with E-state index in [1.165, 1.54) is 6.20 Å². The number of amidine groups is 1. The SMILES string of the molecule is C#C.C=C/C=C\NC/C(N=C(N)N1CCC[C@@H]1C)=N/C(N)/C=C(\N)C1CC1.O=CNc1ccc(Cl)nc1. The second-order valence-electron chi connectivity index (χ2n) is 8.24. The number of likely N-dealkylation sites (tertiary alicyclic amines) is 1. The smallest absolute Gasteiger partial charge is 0.211 e. The van der Waals surface area contributed by atoms with Gasteiger partial charge in [-0.15, -0.1) is 12.8 Å². The van der Waals surface area contributed by atoms with E-state index < -0.39 is 6.17 Å². The summed E-state index contributed by atoms with van der Waals surface area (Å²) in [6, 6.07) is 3.68. The molecule has 11 heteroatoms. The molecule has 1 aromatic rings. The number of nitrogens with one attached hydrogen (secondary N) is 2. The quantitative estimate of drug-likeness (QED) is 0.0823. The number of nitrogens with two attached hydrogens (primary N) is 3. The van der Waals surface area contributed by atoms with Crippen LogP contribution in [0.1, 0.15) is 32.6 Å². The summed E-state index contributed by atoms with van der Waals surface area (Å²) in [6.45, 7) is 7.15. The predicted molar refractivity (Wildman–Crippen MR) is 154 cm³/mol. The molecule has 3 rings (SSSR count). The van der Waals surface area contributed by atoms with Crippen LogP contribution in [0, 0.1) is 18.8 Å². The number of rotatable bonds is 9. The summed E-state index contributed by atoms with van der Waals surface area (Å²) >= 11 is 5.48. The van der Waals surface area contributed by atoms with E-state index in [9.17, 15) is 4.79 Å². The number of aliphatic imine (C=N–C) groups is 2. The molecule has 2 fully saturated rings. The van der Waals surface area contributed by atoms with Gasteiger partial charge in [0.25, 0.3) is 0 Å². The molecule has 1 unspecified atom stereocenters. The molecule has 2 heterocycles. The summed E-state index contributed by atoms with van der Waals surface area (Å²) in [6.07, 6.45) is 21.2. The Balaban J connectivity index is 0.000000475. The summed E-state index contributed by atoms with van der Waals surface area (Å²) in [5, 5.41) is 5.96. The van der Waals surface area contributed by atoms with Gasteiger partial charge < -0.3 is 32.7 Å². The molecule has 1 saturated carbocycles. The molecule has 10 nitrogen and oxygen atoms in total. The van der Waals surface area contributed by atoms with Crippen molar-refractivity contribution in [3.63, 3.8) is 0 Å². The van der Waals surface area contributed by atoms with Crippen molar-refractivity contribution < 1.29 is 4.79 Å². The standard InChI is InChI=1S/C18H31N7.C6H5ClN2O.C2H2/c1-3-4-9-22-12-17(23-16(20)11-15(19)14-7-8-14)24-18(21)25-10-5-6-13(25)2;7-6-2-1-5(3-8-6)9-4-10;1-2/h3-4,9,11,13-14,16,22H,1,5-8,10,12,19-20H2,2H3,(H2,21,23,24);1-4H,(H,9,10);1-2H/b9-4-,15-11-;;/t13-,16?;;/m0../s1. The van der Waals surface area contributed by atoms with Crippen LogP contribution >= 0.6 is 11.6 Å². The van der Waals surface area contributed by atoms with Crippen molar-refractivity contribution in [2.45, 2.75) is 44.8 Å². The van der Waals surface area contributed by atoms with Crippen LogP contribution in [0.4, 0.5) is 5.69 Å². The molecule has 2 atom stereocenters. The number of halogens is 1. The number of carbonyl (C=O) groups is 1. The average Bonchev–Trinajstić information content (AvgIpc) is 3.65. The first-order valence-corrected chi connectivity index (χ1v) is 12.3. The van der Waals surface area contributed by atoms with E-state index >= 15 is 0 Å². The number of hydrogen-bond acceptors (Lipinski definition) is 6. The van der Waals surface area contributed by atoms with E-state index in [1.807, 2.05) is 0 Å². The van der Waals surface area contributed by atoms with E-state index in [4.69, 9.17) is 28.8 Å². The molecule has 1 aromatic heterocycles. The first-order valence-electron chi connectivity index (χ1n) is 11.9. The molecule has 1 saturated heterocycles. The average molecular weight is 528 g/mol. The zero-order valence-corrected chi connectivity index (χ0v) is 22.0. The first kappa shape index (κ1) is 31.2. The van der Waals surface area contributed by atoms with Crippen molar-refractivity contribution in [1.29, 1.82) is 0 Å². The Bertz CT molecular complexity index is 982. The molecule has 2 aliphatic rings. The van der Waals surface area contributed by atoms with Gasteiger partial charge in [0.05, 0.1) is 18.4 Å². The molecule has 200 valence electrons. The van der Waals surface area contributed by atoms with E-state index in [1.54, 1.807) is 36.6 Å². The fourth-order valence-corrected chi connectivity index (χ4v) is 3.47.